The average Bonchev–Trinajstić information content (AvgIpc) is 2.66. The molecule has 1 radical (unpaired) electrons. The molecule has 0 aromatic carbocycles. The first-order chi connectivity index (χ1) is 7.36. The third kappa shape index (κ3) is 2.72. The monoisotopic (exact) mass is 203 g/mol. The van der Waals surface area contributed by atoms with Crippen LogP contribution < -0.4 is 4.74 Å². The zero-order chi connectivity index (χ0) is 10.5. The second-order valence-electron chi connectivity index (χ2n) is 3.60. The Morgan fingerprint density at radius 1 is 1.60 bits per heavy atom. The van der Waals surface area contributed by atoms with E-state index in [0.717, 1.165) is 19.4 Å². The molecule has 0 saturated carbocycles. The zero-order valence-corrected chi connectivity index (χ0v) is 8.94. The molecular formula is C12H15N2O. The normalized spacial score (nSPS) is 15.3. The Labute approximate surface area is 90.4 Å². The number of rotatable bonds is 4. The van der Waals surface area contributed by atoms with Crippen LogP contribution in [0, 0.1) is 6.07 Å². The van der Waals surface area contributed by atoms with Gasteiger partial charge < -0.3 is 9.64 Å². The Morgan fingerprint density at radius 3 is 3.20 bits per heavy atom. The van der Waals surface area contributed by atoms with Gasteiger partial charge in [0, 0.05) is 38.0 Å². The van der Waals surface area contributed by atoms with Crippen LogP contribution in [0.5, 0.6) is 5.88 Å². The highest BCUT2D eigenvalue weighted by atomic mass is 16.5. The molecule has 0 atom stereocenters. The van der Waals surface area contributed by atoms with Crippen molar-refractivity contribution in [3.63, 3.8) is 0 Å². The van der Waals surface area contributed by atoms with E-state index in [1.807, 2.05) is 0 Å². The van der Waals surface area contributed by atoms with E-state index in [0.29, 0.717) is 12.5 Å². The molecule has 0 saturated heterocycles. The summed E-state index contributed by atoms with van der Waals surface area (Å²) in [6.45, 7) is 1.81. The lowest BCUT2D eigenvalue weighted by molar-refractivity contribution is 0.294. The van der Waals surface area contributed by atoms with E-state index < -0.39 is 0 Å². The second-order valence-corrected chi connectivity index (χ2v) is 3.60. The molecule has 0 unspecified atom stereocenters. The first kappa shape index (κ1) is 10.0. The molecule has 1 aromatic heterocycles. The molecule has 1 aliphatic heterocycles. The van der Waals surface area contributed by atoms with Crippen LogP contribution in [0.4, 0.5) is 0 Å². The largest absolute Gasteiger partial charge is 0.477 e. The van der Waals surface area contributed by atoms with E-state index in [9.17, 15) is 0 Å². The number of aromatic nitrogens is 1. The zero-order valence-electron chi connectivity index (χ0n) is 8.94. The molecule has 0 amide bonds. The van der Waals surface area contributed by atoms with Crippen LogP contribution in [0.1, 0.15) is 12.8 Å². The molecule has 79 valence electrons. The number of ether oxygens (including phenoxy) is 1. The number of hydrogen-bond donors (Lipinski definition) is 0. The fourth-order valence-electron chi connectivity index (χ4n) is 1.67. The number of hydrogen-bond acceptors (Lipinski definition) is 3. The van der Waals surface area contributed by atoms with Crippen molar-refractivity contribution in [1.82, 2.24) is 9.88 Å². The lowest BCUT2D eigenvalue weighted by atomic mass is 10.3. The second kappa shape index (κ2) is 4.82. The van der Waals surface area contributed by atoms with Gasteiger partial charge in [-0.15, -0.1) is 0 Å². The summed E-state index contributed by atoms with van der Waals surface area (Å²) in [4.78, 5) is 6.35. The molecule has 0 fully saturated rings. The van der Waals surface area contributed by atoms with E-state index >= 15 is 0 Å². The molecule has 0 spiro atoms. The Morgan fingerprint density at radius 2 is 2.53 bits per heavy atom. The Hall–Kier alpha value is -1.51. The first-order valence-electron chi connectivity index (χ1n) is 5.21. The molecule has 3 nitrogen and oxygen atoms in total. The lowest BCUT2D eigenvalue weighted by Gasteiger charge is -2.15. The highest BCUT2D eigenvalue weighted by Gasteiger charge is 2.09. The van der Waals surface area contributed by atoms with Crippen molar-refractivity contribution >= 4 is 0 Å². The van der Waals surface area contributed by atoms with Gasteiger partial charge in [-0.25, -0.2) is 4.98 Å². The summed E-state index contributed by atoms with van der Waals surface area (Å²) in [5.41, 5.74) is 1.37. The van der Waals surface area contributed by atoms with Gasteiger partial charge in [0.05, 0.1) is 6.61 Å². The van der Waals surface area contributed by atoms with Gasteiger partial charge >= 0.3 is 0 Å². The first-order valence-corrected chi connectivity index (χ1v) is 5.21. The molecular weight excluding hydrogens is 188 g/mol. The topological polar surface area (TPSA) is 25.4 Å². The summed E-state index contributed by atoms with van der Waals surface area (Å²) in [5.74, 6) is 0.652. The van der Waals surface area contributed by atoms with Crippen LogP contribution in [0.25, 0.3) is 0 Å². The smallest absolute Gasteiger partial charge is 0.213 e. The third-order valence-electron chi connectivity index (χ3n) is 2.52. The van der Waals surface area contributed by atoms with E-state index in [1.54, 1.807) is 18.3 Å². The van der Waals surface area contributed by atoms with Crippen molar-refractivity contribution in [3.05, 3.63) is 36.2 Å². The van der Waals surface area contributed by atoms with Crippen molar-refractivity contribution in [2.75, 3.05) is 20.2 Å². The number of nitrogens with zero attached hydrogens (tertiary/aromatic N) is 2. The molecule has 0 bridgehead atoms. The van der Waals surface area contributed by atoms with Crippen LogP contribution in [-0.2, 0) is 0 Å². The maximum atomic E-state index is 5.51. The van der Waals surface area contributed by atoms with E-state index in [-0.39, 0.29) is 0 Å². The fourth-order valence-corrected chi connectivity index (χ4v) is 1.67. The lowest BCUT2D eigenvalue weighted by Crippen LogP contribution is -2.15. The van der Waals surface area contributed by atoms with Gasteiger partial charge in [0.1, 0.15) is 0 Å². The molecule has 3 heteroatoms. The standard InChI is InChI=1S/C12H15N2O/c1-14-9-4-5-11(14)7-10-15-12-6-2-3-8-13-12/h3,5-6,8H,4,7,9-10H2,1H3. The van der Waals surface area contributed by atoms with E-state index in [2.05, 4.69) is 29.1 Å². The predicted octanol–water partition coefficient (Wildman–Crippen LogP) is 1.87. The van der Waals surface area contributed by atoms with Crippen LogP contribution >= 0.6 is 0 Å². The van der Waals surface area contributed by atoms with Crippen LogP contribution in [-0.4, -0.2) is 30.1 Å². The van der Waals surface area contributed by atoms with Crippen LogP contribution in [0.2, 0.25) is 0 Å². The minimum atomic E-state index is 0.652. The Balaban J connectivity index is 1.76. The Bertz CT molecular complexity index is 335. The summed E-state index contributed by atoms with van der Waals surface area (Å²) in [6.07, 6.45) is 6.07. The van der Waals surface area contributed by atoms with Gasteiger partial charge in [0.15, 0.2) is 0 Å². The highest BCUT2D eigenvalue weighted by molar-refractivity contribution is 5.09. The minimum absolute atomic E-state index is 0.652. The molecule has 1 aliphatic rings. The molecule has 1 aromatic rings. The fraction of sp³-hybridized carbons (Fsp3) is 0.417. The average molecular weight is 203 g/mol. The quantitative estimate of drug-likeness (QED) is 0.747. The summed E-state index contributed by atoms with van der Waals surface area (Å²) in [7, 11) is 2.12. The molecule has 2 rings (SSSR count). The maximum absolute atomic E-state index is 5.51. The highest BCUT2D eigenvalue weighted by Crippen LogP contribution is 2.15. The SMILES string of the molecule is CN1CCC=C1CCOc1c[c]ccn1. The van der Waals surface area contributed by atoms with Crippen molar-refractivity contribution in [3.8, 4) is 5.88 Å². The summed E-state index contributed by atoms with van der Waals surface area (Å²) in [6, 6.07) is 6.46. The van der Waals surface area contributed by atoms with Crippen LogP contribution in [0.15, 0.2) is 30.1 Å². The number of pyridine rings is 1. The summed E-state index contributed by atoms with van der Waals surface area (Å²) in [5, 5.41) is 0. The molecule has 0 N–H and O–H groups in total. The summed E-state index contributed by atoms with van der Waals surface area (Å²) < 4.78 is 5.51. The van der Waals surface area contributed by atoms with E-state index in [4.69, 9.17) is 4.74 Å². The van der Waals surface area contributed by atoms with Crippen molar-refractivity contribution in [1.29, 1.82) is 0 Å². The minimum Gasteiger partial charge on any atom is -0.477 e. The van der Waals surface area contributed by atoms with Gasteiger partial charge in [-0.3, -0.25) is 0 Å². The van der Waals surface area contributed by atoms with Gasteiger partial charge in [0.2, 0.25) is 5.88 Å². The summed E-state index contributed by atoms with van der Waals surface area (Å²) >= 11 is 0. The third-order valence-corrected chi connectivity index (χ3v) is 2.52. The van der Waals surface area contributed by atoms with Crippen molar-refractivity contribution in [2.24, 2.45) is 0 Å². The van der Waals surface area contributed by atoms with Gasteiger partial charge in [-0.2, -0.15) is 0 Å². The molecule has 0 aliphatic carbocycles. The van der Waals surface area contributed by atoms with Crippen molar-refractivity contribution in [2.45, 2.75) is 12.8 Å². The van der Waals surface area contributed by atoms with Crippen molar-refractivity contribution < 1.29 is 4.74 Å². The van der Waals surface area contributed by atoms with E-state index in [1.165, 1.54) is 5.70 Å². The van der Waals surface area contributed by atoms with Gasteiger partial charge in [-0.1, -0.05) is 6.08 Å². The maximum Gasteiger partial charge on any atom is 0.213 e. The van der Waals surface area contributed by atoms with Crippen LogP contribution in [0.3, 0.4) is 0 Å². The predicted molar refractivity (Wildman–Crippen MR) is 58.5 cm³/mol. The molecule has 2 heterocycles. The van der Waals surface area contributed by atoms with Gasteiger partial charge in [0.25, 0.3) is 0 Å². The van der Waals surface area contributed by atoms with Gasteiger partial charge in [-0.05, 0) is 18.6 Å². The molecule has 15 heavy (non-hydrogen) atoms. The Kier molecular flexibility index (Phi) is 3.22.